The number of para-hydroxylation sites is 1. The molecule has 0 radical (unpaired) electrons. The van der Waals surface area contributed by atoms with Crippen molar-refractivity contribution in [1.29, 1.82) is 0 Å². The third-order valence-corrected chi connectivity index (χ3v) is 5.17. The van der Waals surface area contributed by atoms with Crippen LogP contribution in [0, 0.1) is 0 Å². The van der Waals surface area contributed by atoms with Gasteiger partial charge < -0.3 is 10.2 Å². The first kappa shape index (κ1) is 20.0. The van der Waals surface area contributed by atoms with E-state index >= 15 is 0 Å². The fourth-order valence-corrected chi connectivity index (χ4v) is 3.51. The Morgan fingerprint density at radius 3 is 2.50 bits per heavy atom. The molecular formula is C21H21ClN6O2. The van der Waals surface area contributed by atoms with Gasteiger partial charge in [0, 0.05) is 23.7 Å². The highest BCUT2D eigenvalue weighted by atomic mass is 35.5. The molecule has 1 aliphatic heterocycles. The first-order valence-corrected chi connectivity index (χ1v) is 10.2. The Kier molecular flexibility index (Phi) is 6.04. The maximum absolute atomic E-state index is 12.9. The van der Waals surface area contributed by atoms with E-state index in [0.717, 1.165) is 37.9 Å². The number of piperidine rings is 1. The van der Waals surface area contributed by atoms with E-state index in [2.05, 4.69) is 20.7 Å². The quantitative estimate of drug-likeness (QED) is 0.678. The second kappa shape index (κ2) is 9.04. The van der Waals surface area contributed by atoms with E-state index in [1.807, 2.05) is 4.90 Å². The minimum atomic E-state index is -0.339. The fraction of sp³-hybridized carbons (Fsp3) is 0.286. The molecule has 3 aromatic rings. The minimum Gasteiger partial charge on any atom is -0.339 e. The monoisotopic (exact) mass is 424 g/mol. The molecule has 1 aromatic heterocycles. The SMILES string of the molecule is O=C(Cn1nnc(-c2ccc(Cl)cc2)n1)Nc1ccccc1C(=O)N1CCCCC1. The van der Waals surface area contributed by atoms with E-state index in [-0.39, 0.29) is 18.4 Å². The molecule has 0 atom stereocenters. The van der Waals surface area contributed by atoms with Crippen LogP contribution in [-0.4, -0.2) is 50.0 Å². The largest absolute Gasteiger partial charge is 0.339 e. The van der Waals surface area contributed by atoms with E-state index in [9.17, 15) is 9.59 Å². The number of likely N-dealkylation sites (tertiary alicyclic amines) is 1. The average molecular weight is 425 g/mol. The van der Waals surface area contributed by atoms with Gasteiger partial charge in [-0.3, -0.25) is 9.59 Å². The lowest BCUT2D eigenvalue weighted by atomic mass is 10.1. The molecule has 2 aromatic carbocycles. The highest BCUT2D eigenvalue weighted by molar-refractivity contribution is 6.30. The molecule has 4 rings (SSSR count). The van der Waals surface area contributed by atoms with Gasteiger partial charge in [-0.2, -0.15) is 4.80 Å². The number of tetrazole rings is 1. The van der Waals surface area contributed by atoms with Crippen molar-refractivity contribution >= 4 is 29.1 Å². The summed E-state index contributed by atoms with van der Waals surface area (Å²) in [4.78, 5) is 28.5. The van der Waals surface area contributed by atoms with Gasteiger partial charge in [-0.25, -0.2) is 0 Å². The van der Waals surface area contributed by atoms with E-state index in [0.29, 0.717) is 22.1 Å². The van der Waals surface area contributed by atoms with E-state index in [4.69, 9.17) is 11.6 Å². The molecule has 0 saturated carbocycles. The van der Waals surface area contributed by atoms with Gasteiger partial charge >= 0.3 is 0 Å². The van der Waals surface area contributed by atoms with Gasteiger partial charge in [0.25, 0.3) is 5.91 Å². The van der Waals surface area contributed by atoms with Gasteiger partial charge in [0.15, 0.2) is 0 Å². The van der Waals surface area contributed by atoms with Crippen LogP contribution in [0.1, 0.15) is 29.6 Å². The Morgan fingerprint density at radius 1 is 1.00 bits per heavy atom. The Morgan fingerprint density at radius 2 is 1.73 bits per heavy atom. The molecule has 0 unspecified atom stereocenters. The smallest absolute Gasteiger partial charge is 0.255 e. The van der Waals surface area contributed by atoms with Gasteiger partial charge in [0.2, 0.25) is 11.7 Å². The number of halogens is 1. The number of anilines is 1. The van der Waals surface area contributed by atoms with Gasteiger partial charge in [-0.15, -0.1) is 10.2 Å². The number of hydrogen-bond acceptors (Lipinski definition) is 5. The number of carbonyl (C=O) groups excluding carboxylic acids is 2. The highest BCUT2D eigenvalue weighted by Crippen LogP contribution is 2.20. The number of amides is 2. The van der Waals surface area contributed by atoms with Crippen LogP contribution in [0.3, 0.4) is 0 Å². The summed E-state index contributed by atoms with van der Waals surface area (Å²) < 4.78 is 0. The van der Waals surface area contributed by atoms with E-state index in [1.165, 1.54) is 4.80 Å². The Balaban J connectivity index is 1.43. The summed E-state index contributed by atoms with van der Waals surface area (Å²) in [6, 6.07) is 14.1. The zero-order chi connectivity index (χ0) is 20.9. The molecule has 154 valence electrons. The van der Waals surface area contributed by atoms with Crippen LogP contribution in [0.5, 0.6) is 0 Å². The van der Waals surface area contributed by atoms with E-state index < -0.39 is 0 Å². The number of aromatic nitrogens is 4. The Bertz CT molecular complexity index is 1040. The molecule has 2 heterocycles. The lowest BCUT2D eigenvalue weighted by Gasteiger charge is -2.27. The van der Waals surface area contributed by atoms with Crippen molar-refractivity contribution in [3.05, 3.63) is 59.1 Å². The second-order valence-electron chi connectivity index (χ2n) is 7.10. The van der Waals surface area contributed by atoms with Crippen molar-refractivity contribution < 1.29 is 9.59 Å². The maximum Gasteiger partial charge on any atom is 0.255 e. The van der Waals surface area contributed by atoms with Crippen LogP contribution in [0.25, 0.3) is 11.4 Å². The standard InChI is InChI=1S/C21H21ClN6O2/c22-16-10-8-15(9-11-16)20-24-26-28(25-20)14-19(29)23-18-7-3-2-6-17(18)21(30)27-12-4-1-5-13-27/h2-3,6-11H,1,4-5,12-14H2,(H,23,29). The first-order valence-electron chi connectivity index (χ1n) is 9.82. The van der Waals surface area contributed by atoms with Gasteiger partial charge in [0.05, 0.1) is 11.3 Å². The van der Waals surface area contributed by atoms with Crippen molar-refractivity contribution in [3.8, 4) is 11.4 Å². The topological polar surface area (TPSA) is 93.0 Å². The van der Waals surface area contributed by atoms with Crippen LogP contribution in [0.15, 0.2) is 48.5 Å². The molecule has 1 N–H and O–H groups in total. The van der Waals surface area contributed by atoms with Crippen LogP contribution in [0.4, 0.5) is 5.69 Å². The summed E-state index contributed by atoms with van der Waals surface area (Å²) in [5.41, 5.74) is 1.72. The molecular weight excluding hydrogens is 404 g/mol. The highest BCUT2D eigenvalue weighted by Gasteiger charge is 2.21. The van der Waals surface area contributed by atoms with Gasteiger partial charge in [-0.05, 0) is 60.9 Å². The Hall–Kier alpha value is -3.26. The fourth-order valence-electron chi connectivity index (χ4n) is 3.39. The minimum absolute atomic E-state index is 0.0606. The molecule has 8 nitrogen and oxygen atoms in total. The molecule has 0 aliphatic carbocycles. The zero-order valence-electron chi connectivity index (χ0n) is 16.3. The summed E-state index contributed by atoms with van der Waals surface area (Å²) in [6.45, 7) is 1.38. The predicted octanol–water partition coefficient (Wildman–Crippen LogP) is 3.26. The number of carbonyl (C=O) groups is 2. The van der Waals surface area contributed by atoms with Crippen molar-refractivity contribution in [3.63, 3.8) is 0 Å². The second-order valence-corrected chi connectivity index (χ2v) is 7.53. The van der Waals surface area contributed by atoms with Gasteiger partial charge in [0.1, 0.15) is 6.54 Å². The lowest BCUT2D eigenvalue weighted by molar-refractivity contribution is -0.117. The third-order valence-electron chi connectivity index (χ3n) is 4.92. The molecule has 1 aliphatic rings. The van der Waals surface area contributed by atoms with Crippen LogP contribution >= 0.6 is 11.6 Å². The lowest BCUT2D eigenvalue weighted by Crippen LogP contribution is -2.36. The predicted molar refractivity (Wildman–Crippen MR) is 113 cm³/mol. The Labute approximate surface area is 178 Å². The first-order chi connectivity index (χ1) is 14.6. The summed E-state index contributed by atoms with van der Waals surface area (Å²) >= 11 is 5.89. The molecule has 9 heteroatoms. The molecule has 1 fully saturated rings. The summed E-state index contributed by atoms with van der Waals surface area (Å²) in [5.74, 6) is 0.00333. The van der Waals surface area contributed by atoms with Crippen molar-refractivity contribution in [1.82, 2.24) is 25.1 Å². The van der Waals surface area contributed by atoms with Crippen molar-refractivity contribution in [2.75, 3.05) is 18.4 Å². The van der Waals surface area contributed by atoms with Crippen LogP contribution in [0.2, 0.25) is 5.02 Å². The zero-order valence-corrected chi connectivity index (χ0v) is 17.0. The molecule has 30 heavy (non-hydrogen) atoms. The maximum atomic E-state index is 12.9. The average Bonchev–Trinajstić information content (AvgIpc) is 3.23. The normalized spacial score (nSPS) is 13.8. The number of nitrogens with one attached hydrogen (secondary N) is 1. The molecule has 0 spiro atoms. The summed E-state index contributed by atoms with van der Waals surface area (Å²) in [5, 5.41) is 15.6. The van der Waals surface area contributed by atoms with Gasteiger partial charge in [-0.1, -0.05) is 23.7 Å². The summed E-state index contributed by atoms with van der Waals surface area (Å²) in [7, 11) is 0. The molecule has 1 saturated heterocycles. The number of benzene rings is 2. The summed E-state index contributed by atoms with van der Waals surface area (Å²) in [6.07, 6.45) is 3.16. The van der Waals surface area contributed by atoms with Crippen molar-refractivity contribution in [2.45, 2.75) is 25.8 Å². The van der Waals surface area contributed by atoms with Crippen molar-refractivity contribution in [2.24, 2.45) is 0 Å². The van der Waals surface area contributed by atoms with Crippen LogP contribution < -0.4 is 5.32 Å². The number of nitrogens with zero attached hydrogens (tertiary/aromatic N) is 5. The molecule has 0 bridgehead atoms. The molecule has 2 amide bonds. The number of rotatable bonds is 5. The number of hydrogen-bond donors (Lipinski definition) is 1. The van der Waals surface area contributed by atoms with E-state index in [1.54, 1.807) is 48.5 Å². The third kappa shape index (κ3) is 4.65. The van der Waals surface area contributed by atoms with Crippen LogP contribution in [-0.2, 0) is 11.3 Å².